The number of hydrogen-bond acceptors (Lipinski definition) is 8. The quantitative estimate of drug-likeness (QED) is 0.514. The average Bonchev–Trinajstić information content (AvgIpc) is 3.19. The molecule has 0 aromatic carbocycles. The molecule has 4 bridgehead atoms. The van der Waals surface area contributed by atoms with Crippen LogP contribution in [0.1, 0.15) is 40.0 Å². The molecule has 6 aliphatic heterocycles. The predicted octanol–water partition coefficient (Wildman–Crippen LogP) is -0.1000. The summed E-state index contributed by atoms with van der Waals surface area (Å²) in [6, 6.07) is 0. The third kappa shape index (κ3) is 2.39. The topological polar surface area (TPSA) is 121 Å². The van der Waals surface area contributed by atoms with Crippen molar-refractivity contribution in [2.45, 2.75) is 58.0 Å². The van der Waals surface area contributed by atoms with Crippen molar-refractivity contribution in [2.75, 3.05) is 13.1 Å². The molecule has 6 aliphatic rings. The minimum Gasteiger partial charge on any atom is -0.473 e. The number of fused-ring (bicyclic) bond motifs is 2. The predicted molar refractivity (Wildman–Crippen MR) is 90.9 cm³/mol. The maximum atomic E-state index is 12.5. The highest BCUT2D eigenvalue weighted by Gasteiger charge is 2.75. The molecule has 0 aromatic heterocycles. The summed E-state index contributed by atoms with van der Waals surface area (Å²) in [6.45, 7) is 7.18. The maximum absolute atomic E-state index is 12.5. The van der Waals surface area contributed by atoms with Gasteiger partial charge in [-0.25, -0.2) is 19.4 Å². The van der Waals surface area contributed by atoms with Crippen LogP contribution >= 0.6 is 0 Å². The third-order valence-corrected chi connectivity index (χ3v) is 6.35. The molecule has 0 saturated carbocycles. The van der Waals surface area contributed by atoms with Crippen LogP contribution in [0.3, 0.4) is 0 Å². The van der Waals surface area contributed by atoms with Crippen molar-refractivity contribution in [3.63, 3.8) is 0 Å². The van der Waals surface area contributed by atoms with Crippen molar-refractivity contribution < 1.29 is 29.1 Å². The SMILES string of the molecule is CCC(C)(C)C(=O)NC1=NC2ON1C21C(OC(=O)C(=O)O)C2CCN1CC2. The molecule has 148 valence electrons. The molecule has 10 nitrogen and oxygen atoms in total. The van der Waals surface area contributed by atoms with E-state index in [1.54, 1.807) is 0 Å². The van der Waals surface area contributed by atoms with E-state index in [2.05, 4.69) is 15.2 Å². The van der Waals surface area contributed by atoms with Crippen LogP contribution in [0.4, 0.5) is 0 Å². The van der Waals surface area contributed by atoms with Crippen molar-refractivity contribution in [3.05, 3.63) is 0 Å². The summed E-state index contributed by atoms with van der Waals surface area (Å²) in [6.07, 6.45) is 0.968. The summed E-state index contributed by atoms with van der Waals surface area (Å²) >= 11 is 0. The molecule has 27 heavy (non-hydrogen) atoms. The molecule has 6 heterocycles. The lowest BCUT2D eigenvalue weighted by atomic mass is 9.74. The molecule has 2 N–H and O–H groups in total. The first-order valence-electron chi connectivity index (χ1n) is 9.27. The van der Waals surface area contributed by atoms with Crippen LogP contribution in [0.15, 0.2) is 4.99 Å². The number of guanidine groups is 1. The average molecular weight is 380 g/mol. The molecule has 4 saturated heterocycles. The molecule has 0 aliphatic carbocycles. The first kappa shape index (κ1) is 18.2. The fraction of sp³-hybridized carbons (Fsp3) is 0.765. The van der Waals surface area contributed by atoms with E-state index in [-0.39, 0.29) is 17.8 Å². The normalized spacial score (nSPS) is 36.3. The summed E-state index contributed by atoms with van der Waals surface area (Å²) in [5, 5.41) is 13.3. The Kier molecular flexibility index (Phi) is 3.97. The number of ether oxygens (including phenoxy) is 1. The minimum atomic E-state index is -1.62. The second-order valence-corrected chi connectivity index (χ2v) is 8.14. The van der Waals surface area contributed by atoms with Crippen molar-refractivity contribution in [3.8, 4) is 0 Å². The Labute approximate surface area is 156 Å². The van der Waals surface area contributed by atoms with Gasteiger partial charge < -0.3 is 9.84 Å². The maximum Gasteiger partial charge on any atom is 0.417 e. The van der Waals surface area contributed by atoms with Crippen molar-refractivity contribution in [1.29, 1.82) is 0 Å². The molecule has 1 amide bonds. The Morgan fingerprint density at radius 2 is 2.04 bits per heavy atom. The summed E-state index contributed by atoms with van der Waals surface area (Å²) < 4.78 is 5.38. The molecule has 4 fully saturated rings. The van der Waals surface area contributed by atoms with E-state index in [4.69, 9.17) is 14.7 Å². The fourth-order valence-corrected chi connectivity index (χ4v) is 4.31. The van der Waals surface area contributed by atoms with Crippen LogP contribution < -0.4 is 5.32 Å². The standard InChI is InChI=1S/C17H24N4O6/c1-4-16(2,3)13(25)18-15-19-14-17(21(15)27-14)10(26-12(24)11(22)23)9-5-7-20(17)8-6-9/h9-10,14H,4-8H2,1-3H3,(H,22,23)(H,18,19,25). The number of esters is 1. The zero-order valence-corrected chi connectivity index (χ0v) is 15.6. The summed E-state index contributed by atoms with van der Waals surface area (Å²) in [5.41, 5.74) is -1.43. The highest BCUT2D eigenvalue weighted by atomic mass is 16.8. The van der Waals surface area contributed by atoms with E-state index >= 15 is 0 Å². The molecule has 3 atom stereocenters. The lowest BCUT2D eigenvalue weighted by molar-refractivity contribution is -0.413. The van der Waals surface area contributed by atoms with E-state index in [1.165, 1.54) is 5.06 Å². The number of carbonyl (C=O) groups is 3. The molecule has 6 rings (SSSR count). The van der Waals surface area contributed by atoms with Crippen LogP contribution in [-0.2, 0) is 24.0 Å². The van der Waals surface area contributed by atoms with Gasteiger partial charge in [-0.05, 0) is 19.3 Å². The fourth-order valence-electron chi connectivity index (χ4n) is 4.31. The zero-order chi connectivity index (χ0) is 19.6. The first-order valence-corrected chi connectivity index (χ1v) is 9.27. The number of carboxylic acid groups (broad SMARTS) is 1. The number of carboxylic acids is 1. The number of carbonyl (C=O) groups excluding carboxylic acids is 2. The molecule has 0 aromatic rings. The summed E-state index contributed by atoms with van der Waals surface area (Å²) in [4.78, 5) is 47.6. The number of hydroxylamine groups is 2. The second-order valence-electron chi connectivity index (χ2n) is 8.14. The highest BCUT2D eigenvalue weighted by molar-refractivity contribution is 6.28. The number of nitrogens with one attached hydrogen (secondary N) is 1. The van der Waals surface area contributed by atoms with Crippen LogP contribution in [-0.4, -0.2) is 70.0 Å². The van der Waals surface area contributed by atoms with Gasteiger partial charge in [0, 0.05) is 24.4 Å². The third-order valence-electron chi connectivity index (χ3n) is 6.35. The lowest BCUT2D eigenvalue weighted by Crippen LogP contribution is -2.84. The van der Waals surface area contributed by atoms with Crippen LogP contribution in [0.5, 0.6) is 0 Å². The van der Waals surface area contributed by atoms with Gasteiger partial charge in [-0.15, -0.1) is 0 Å². The van der Waals surface area contributed by atoms with Gasteiger partial charge in [-0.3, -0.25) is 15.0 Å². The largest absolute Gasteiger partial charge is 0.473 e. The number of amides is 1. The van der Waals surface area contributed by atoms with Crippen LogP contribution in [0.2, 0.25) is 0 Å². The van der Waals surface area contributed by atoms with Gasteiger partial charge >= 0.3 is 11.9 Å². The van der Waals surface area contributed by atoms with Crippen molar-refractivity contribution in [1.82, 2.24) is 15.3 Å². The van der Waals surface area contributed by atoms with Crippen LogP contribution in [0.25, 0.3) is 0 Å². The number of hydrogen-bond donors (Lipinski definition) is 2. The number of aliphatic carboxylic acids is 1. The number of piperidine rings is 3. The van der Waals surface area contributed by atoms with Gasteiger partial charge in [0.25, 0.3) is 0 Å². The number of nitrogens with zero attached hydrogens (tertiary/aromatic N) is 3. The first-order chi connectivity index (χ1) is 12.7. The van der Waals surface area contributed by atoms with Crippen molar-refractivity contribution >= 4 is 23.8 Å². The molecule has 0 radical (unpaired) electrons. The van der Waals surface area contributed by atoms with E-state index in [0.29, 0.717) is 6.42 Å². The van der Waals surface area contributed by atoms with E-state index < -0.39 is 35.3 Å². The summed E-state index contributed by atoms with van der Waals surface area (Å²) in [7, 11) is 0. The summed E-state index contributed by atoms with van der Waals surface area (Å²) in [5.74, 6) is -2.76. The lowest BCUT2D eigenvalue weighted by Gasteiger charge is -2.64. The Morgan fingerprint density at radius 3 is 2.63 bits per heavy atom. The Balaban J connectivity index is 1.59. The molecule has 3 unspecified atom stereocenters. The molecule has 10 heteroatoms. The number of aliphatic imine (C=N–C) groups is 1. The molecule has 1 spiro atoms. The van der Waals surface area contributed by atoms with E-state index in [9.17, 15) is 14.4 Å². The monoisotopic (exact) mass is 380 g/mol. The van der Waals surface area contributed by atoms with Gasteiger partial charge in [0.05, 0.1) is 0 Å². The van der Waals surface area contributed by atoms with Crippen LogP contribution in [0, 0.1) is 11.3 Å². The van der Waals surface area contributed by atoms with Gasteiger partial charge in [0.15, 0.2) is 0 Å². The Bertz CT molecular complexity index is 729. The van der Waals surface area contributed by atoms with Gasteiger partial charge in [0.1, 0.15) is 6.10 Å². The van der Waals surface area contributed by atoms with Gasteiger partial charge in [-0.1, -0.05) is 20.8 Å². The van der Waals surface area contributed by atoms with E-state index in [0.717, 1.165) is 25.9 Å². The minimum absolute atomic E-state index is 0.0320. The second kappa shape index (κ2) is 5.90. The number of rotatable bonds is 3. The smallest absolute Gasteiger partial charge is 0.417 e. The Morgan fingerprint density at radius 1 is 1.37 bits per heavy atom. The highest BCUT2D eigenvalue weighted by Crippen LogP contribution is 2.54. The van der Waals surface area contributed by atoms with Gasteiger partial charge in [-0.2, -0.15) is 5.06 Å². The molecular weight excluding hydrogens is 356 g/mol. The van der Waals surface area contributed by atoms with E-state index in [1.807, 2.05) is 20.8 Å². The van der Waals surface area contributed by atoms with Gasteiger partial charge in [0.2, 0.25) is 23.8 Å². The zero-order valence-electron chi connectivity index (χ0n) is 15.6. The molecular formula is C17H24N4O6. The van der Waals surface area contributed by atoms with Crippen molar-refractivity contribution in [2.24, 2.45) is 16.3 Å². The Hall–Kier alpha value is -2.20.